The predicted molar refractivity (Wildman–Crippen MR) is 322 cm³/mol. The maximum Gasteiger partial charge on any atom is 0.490 e. The van der Waals surface area contributed by atoms with Crippen LogP contribution < -0.4 is 26.5 Å². The van der Waals surface area contributed by atoms with E-state index in [0.717, 1.165) is 27.9 Å². The summed E-state index contributed by atoms with van der Waals surface area (Å²) < 4.78 is 134. The Morgan fingerprint density at radius 2 is 1.08 bits per heavy atom. The van der Waals surface area contributed by atoms with E-state index in [1.54, 1.807) is 0 Å². The van der Waals surface area contributed by atoms with Gasteiger partial charge in [-0.05, 0) is 35.3 Å². The molecule has 6 rings (SSSR count). The molecule has 0 aromatic carbocycles. The van der Waals surface area contributed by atoms with Crippen LogP contribution in [0, 0.1) is 12.2 Å². The van der Waals surface area contributed by atoms with Gasteiger partial charge in [0.05, 0.1) is 24.6 Å². The maximum absolute atomic E-state index is 15.0. The summed E-state index contributed by atoms with van der Waals surface area (Å²) in [5.41, 5.74) is 23.4. The number of azide groups is 2. The Balaban J connectivity index is 0.000000440. The number of fused-ring (bicyclic) bond motifs is 2. The molecule has 0 aliphatic carbocycles. The number of aromatic nitrogens is 6. The molecular weight excluding hydrogens is 1360 g/mol. The molecule has 532 valence electrons. The zero-order valence-electron chi connectivity index (χ0n) is 51.5. The van der Waals surface area contributed by atoms with Crippen molar-refractivity contribution >= 4 is 60.9 Å². The number of hydrogen-bond acceptors (Lipinski definition) is 28. The number of hydrogen-bond donors (Lipinski definition) is 13. The predicted octanol–water partition coefficient (Wildman–Crippen LogP) is 9.43. The number of phosphoric acid groups is 3. The fourth-order valence-electron chi connectivity index (χ4n) is 8.57. The van der Waals surface area contributed by atoms with Crippen molar-refractivity contribution in [1.82, 2.24) is 39.4 Å². The molecule has 47 heteroatoms. The van der Waals surface area contributed by atoms with Gasteiger partial charge in [0.2, 0.25) is 0 Å². The number of anilines is 2. The zero-order valence-corrected chi connectivity index (χ0v) is 56.0. The van der Waals surface area contributed by atoms with Crippen LogP contribution in [0.5, 0.6) is 0 Å². The van der Waals surface area contributed by atoms with E-state index < -0.39 is 112 Å². The zero-order chi connectivity index (χ0) is 70.5. The van der Waals surface area contributed by atoms with Crippen molar-refractivity contribution in [2.75, 3.05) is 37.8 Å². The summed E-state index contributed by atoms with van der Waals surface area (Å²) in [5.74, 6) is -0.507. The molecule has 3 unspecified atom stereocenters. The average Bonchev–Trinajstić information content (AvgIpc) is 1.67. The van der Waals surface area contributed by atoms with Crippen LogP contribution in [0.3, 0.4) is 0 Å². The van der Waals surface area contributed by atoms with Gasteiger partial charge in [-0.25, -0.2) is 31.5 Å². The summed E-state index contributed by atoms with van der Waals surface area (Å²) >= 11 is 0. The van der Waals surface area contributed by atoms with Gasteiger partial charge >= 0.3 is 148 Å². The van der Waals surface area contributed by atoms with Gasteiger partial charge in [0.25, 0.3) is 0 Å². The molecule has 0 bridgehead atoms. The molecule has 0 radical (unpaired) electrons. The number of unbranched alkanes of at least 4 members (excludes halogenated alkanes) is 12. The van der Waals surface area contributed by atoms with Crippen molar-refractivity contribution in [2.24, 2.45) is 10.2 Å². The first kappa shape index (κ1) is 84.7. The van der Waals surface area contributed by atoms with Gasteiger partial charge in [-0.2, -0.15) is 27.4 Å². The number of rotatable bonds is 34. The minimum atomic E-state index is -5.90. The van der Waals surface area contributed by atoms with E-state index in [2.05, 4.69) is 106 Å². The number of aliphatic hydroxyl groups excluding tert-OH is 3. The second kappa shape index (κ2) is 39.7. The van der Waals surface area contributed by atoms with E-state index in [4.69, 9.17) is 52.3 Å². The summed E-state index contributed by atoms with van der Waals surface area (Å²) in [6.45, 7) is 10.8. The maximum atomic E-state index is 15.0. The van der Waals surface area contributed by atoms with Gasteiger partial charge < -0.3 is 55.8 Å². The Kier molecular flexibility index (Phi) is 36.2. The molecule has 0 saturated carbocycles. The van der Waals surface area contributed by atoms with E-state index in [1.807, 2.05) is 13.8 Å². The summed E-state index contributed by atoms with van der Waals surface area (Å²) in [5, 5.41) is 68.7. The minimum absolute atomic E-state index is 0.00115. The molecule has 2 saturated heterocycles. The topological polar surface area (TPSA) is 581 Å². The van der Waals surface area contributed by atoms with Crippen molar-refractivity contribution in [3.63, 3.8) is 0 Å². The number of ether oxygens (including phenoxy) is 2. The molecule has 0 amide bonds. The Hall–Kier alpha value is -4.40. The Morgan fingerprint density at radius 1 is 0.688 bits per heavy atom. The Labute approximate surface area is 531 Å². The molecule has 15 N–H and O–H groups in total. The Morgan fingerprint density at radius 3 is 1.42 bits per heavy atom. The van der Waals surface area contributed by atoms with Crippen LogP contribution in [-0.2, 0) is 55.3 Å². The van der Waals surface area contributed by atoms with Crippen LogP contribution in [0.4, 0.5) is 29.2 Å². The SMILES string of the molecule is CCCCCCCC.CCCCCCCC.CCCCNP(NCCCC)(OO)(OOO)[P+](=O)[O-].[N-]=[N+]=N[C@]1(CO)O[C@@H](c2ccc3c(N)nc(F)nn23)[C@H](F)[C@@H]1O.[N-]=[N+]=N[C@]1(COP(=O)(O)OP(=O)(O)OP(=O)(O)O)O[C@@H](c2ccc3c(N)nc(F)nn23)[C@H](F)[C@@H]1O. The van der Waals surface area contributed by atoms with E-state index in [0.29, 0.717) is 12.8 Å². The molecule has 38 nitrogen and oxygen atoms in total. The first-order chi connectivity index (χ1) is 43.8. The molecule has 2 aliphatic heterocycles. The molecule has 4 aromatic heterocycles. The second-order valence-corrected chi connectivity index (χ2v) is 31.2. The van der Waals surface area contributed by atoms with Crippen LogP contribution in [0.2, 0.25) is 0 Å². The minimum Gasteiger partial charge on any atom is -0.393 e. The molecule has 0 spiro atoms. The number of nitrogens with zero attached hydrogens (tertiary/aromatic N) is 12. The quantitative estimate of drug-likeness (QED) is 0.00302. The number of phosphoric ester groups is 1. The fourth-order valence-corrected chi connectivity index (χ4v) is 15.3. The number of nitrogen functional groups attached to an aromatic ring is 2. The van der Waals surface area contributed by atoms with E-state index in [1.165, 1.54) is 95.2 Å². The molecule has 2 fully saturated rings. The number of halogens is 4. The van der Waals surface area contributed by atoms with Crippen LogP contribution in [0.15, 0.2) is 34.5 Å². The van der Waals surface area contributed by atoms with Crippen molar-refractivity contribution < 1.29 is 123 Å². The van der Waals surface area contributed by atoms with Gasteiger partial charge in [-0.3, -0.25) is 4.52 Å². The van der Waals surface area contributed by atoms with Crippen LogP contribution in [0.1, 0.15) is 168 Å². The van der Waals surface area contributed by atoms with Crippen LogP contribution >= 0.6 is 38.2 Å². The molecular formula is C46H83F4N16O22P5. The van der Waals surface area contributed by atoms with E-state index in [9.17, 15) is 61.4 Å². The molecule has 6 heterocycles. The smallest absolute Gasteiger partial charge is 0.393 e. The molecule has 4 aromatic rings. The van der Waals surface area contributed by atoms with Crippen molar-refractivity contribution in [2.45, 2.75) is 192 Å². The number of aliphatic hydroxyl groups is 3. The van der Waals surface area contributed by atoms with E-state index in [-0.39, 0.29) is 47.1 Å². The normalized spacial score (nSPS) is 23.0. The third-order valence-electron chi connectivity index (χ3n) is 13.3. The molecule has 2 aliphatic rings. The van der Waals surface area contributed by atoms with Crippen LogP contribution in [0.25, 0.3) is 31.9 Å². The van der Waals surface area contributed by atoms with E-state index >= 15 is 4.39 Å². The van der Waals surface area contributed by atoms with Crippen molar-refractivity contribution in [3.05, 3.63) is 68.7 Å². The van der Waals surface area contributed by atoms with Gasteiger partial charge in [-0.1, -0.05) is 115 Å². The van der Waals surface area contributed by atoms with Gasteiger partial charge in [-0.15, -0.1) is 10.2 Å². The number of nitrogens with two attached hydrogens (primary N) is 2. The number of nitrogens with one attached hydrogen (secondary N) is 2. The van der Waals surface area contributed by atoms with Crippen molar-refractivity contribution in [1.29, 1.82) is 0 Å². The number of alkyl halides is 2. The summed E-state index contributed by atoms with van der Waals surface area (Å²) in [4.78, 5) is 58.8. The summed E-state index contributed by atoms with van der Waals surface area (Å²) in [6.07, 6.45) is 5.19. The first-order valence-corrected chi connectivity index (χ1v) is 37.4. The van der Waals surface area contributed by atoms with Gasteiger partial charge in [0.15, 0.2) is 35.4 Å². The van der Waals surface area contributed by atoms with Crippen molar-refractivity contribution in [3.8, 4) is 0 Å². The van der Waals surface area contributed by atoms with Gasteiger partial charge in [0, 0.05) is 9.82 Å². The van der Waals surface area contributed by atoms with Gasteiger partial charge in [0.1, 0.15) is 35.4 Å². The molecule has 11 atom stereocenters. The third-order valence-corrected chi connectivity index (χ3v) is 22.9. The summed E-state index contributed by atoms with van der Waals surface area (Å²) in [6, 6.07) is 5.16. The average molecular weight is 1440 g/mol. The second-order valence-electron chi connectivity index (χ2n) is 20.3. The fraction of sp³-hybridized carbons (Fsp3) is 0.739. The monoisotopic (exact) mass is 1440 g/mol. The molecule has 93 heavy (non-hydrogen) atoms. The first-order valence-electron chi connectivity index (χ1n) is 28.9. The largest absolute Gasteiger partial charge is 0.490 e. The standard InChI is InChI=1S/C11H14F2N7O12P3.C11H11F2N7O3.C8H22N2O7P2.2C8H18/c12-6-7(4-1-2-5-9(14)16-10(13)17-20(4)5)30-11(8(6)21,18-19-15)3-29-34(25,26)32-35(27,28)31-33(22,23)24;12-6-7(23-11(3-21,8(6)22)18-19-15)4-1-2-5-9(14)16-10(13)17-20(4)5;1-3-5-7-9-19(16-12,17-15-11,18(13)14)10-8-6-4-2;2*1-3-5-7-8-6-4-2/h1-2,6-8,21H,3H2,(H,25,26)(H,27,28)(H2,14,16,17)(H2,22,23,24);1-2,6-8,21-22H,3H2,(H2,14,16,17);9-12H,3-8H2,1-2H3;2*3-8H2,1-2H3/t2*6-,7-,8-,11+;;;/m00.../s1. The third kappa shape index (κ3) is 24.3. The Bertz CT molecular complexity index is 3180. The van der Waals surface area contributed by atoms with Crippen LogP contribution in [-0.4, -0.2) is 137 Å². The summed E-state index contributed by atoms with van der Waals surface area (Å²) in [7, 11) is -25.7.